The number of nitrogens with zero attached hydrogens (tertiary/aromatic N) is 2. The van der Waals surface area contributed by atoms with Crippen molar-refractivity contribution in [1.82, 2.24) is 0 Å². The molecule has 3 nitrogen and oxygen atoms in total. The number of para-hydroxylation sites is 1. The molecule has 0 spiro atoms. The zero-order chi connectivity index (χ0) is 18.6. The van der Waals surface area contributed by atoms with Crippen molar-refractivity contribution < 1.29 is 4.74 Å². The Kier molecular flexibility index (Phi) is 5.12. The van der Waals surface area contributed by atoms with Crippen LogP contribution >= 0.6 is 11.6 Å². The van der Waals surface area contributed by atoms with Gasteiger partial charge < -0.3 is 4.74 Å². The molecule has 0 amide bonds. The van der Waals surface area contributed by atoms with Crippen molar-refractivity contribution >= 4 is 23.0 Å². The summed E-state index contributed by atoms with van der Waals surface area (Å²) in [6.45, 7) is 2.66. The Labute approximate surface area is 164 Å². The van der Waals surface area contributed by atoms with Crippen LogP contribution in [0.4, 0.5) is 5.69 Å². The first kappa shape index (κ1) is 17.6. The van der Waals surface area contributed by atoms with E-state index in [-0.39, 0.29) is 6.04 Å². The minimum absolute atomic E-state index is 0.145. The lowest BCUT2D eigenvalue weighted by molar-refractivity contribution is 0.340. The Morgan fingerprint density at radius 1 is 0.963 bits per heavy atom. The van der Waals surface area contributed by atoms with Crippen LogP contribution in [0.15, 0.2) is 84.0 Å². The SMILES string of the molecule is CCOc1ccc(C2=NN(c3ccccc3)C(c3ccc(Cl)cc3)C2)cc1. The second-order valence-electron chi connectivity index (χ2n) is 6.46. The van der Waals surface area contributed by atoms with Crippen molar-refractivity contribution in [2.75, 3.05) is 11.6 Å². The minimum atomic E-state index is 0.145. The Morgan fingerprint density at radius 2 is 1.67 bits per heavy atom. The minimum Gasteiger partial charge on any atom is -0.494 e. The molecule has 4 rings (SSSR count). The van der Waals surface area contributed by atoms with E-state index in [0.29, 0.717) is 6.61 Å². The molecular weight excluding hydrogens is 356 g/mol. The third-order valence-electron chi connectivity index (χ3n) is 4.68. The topological polar surface area (TPSA) is 24.8 Å². The molecule has 3 aromatic rings. The van der Waals surface area contributed by atoms with Crippen LogP contribution in [-0.4, -0.2) is 12.3 Å². The molecule has 1 atom stereocenters. The maximum atomic E-state index is 6.08. The van der Waals surface area contributed by atoms with Gasteiger partial charge in [0.15, 0.2) is 0 Å². The van der Waals surface area contributed by atoms with Gasteiger partial charge in [0.2, 0.25) is 0 Å². The Hall–Kier alpha value is -2.78. The molecule has 0 saturated heterocycles. The van der Waals surface area contributed by atoms with Crippen LogP contribution < -0.4 is 9.75 Å². The molecule has 0 radical (unpaired) electrons. The van der Waals surface area contributed by atoms with Crippen LogP contribution in [0, 0.1) is 0 Å². The zero-order valence-corrected chi connectivity index (χ0v) is 15.9. The van der Waals surface area contributed by atoms with Crippen molar-refractivity contribution in [2.45, 2.75) is 19.4 Å². The number of hydrazone groups is 1. The molecule has 0 aromatic heterocycles. The highest BCUT2D eigenvalue weighted by molar-refractivity contribution is 6.30. The average molecular weight is 377 g/mol. The molecule has 0 aliphatic carbocycles. The van der Waals surface area contributed by atoms with Gasteiger partial charge in [-0.1, -0.05) is 41.9 Å². The predicted octanol–water partition coefficient (Wildman–Crippen LogP) is 6.09. The fourth-order valence-electron chi connectivity index (χ4n) is 3.36. The second-order valence-corrected chi connectivity index (χ2v) is 6.89. The Morgan fingerprint density at radius 3 is 2.33 bits per heavy atom. The quantitative estimate of drug-likeness (QED) is 0.537. The van der Waals surface area contributed by atoms with Gasteiger partial charge in [0, 0.05) is 11.4 Å². The molecule has 1 heterocycles. The first-order valence-electron chi connectivity index (χ1n) is 9.15. The van der Waals surface area contributed by atoms with E-state index in [1.54, 1.807) is 0 Å². The lowest BCUT2D eigenvalue weighted by Gasteiger charge is -2.24. The smallest absolute Gasteiger partial charge is 0.119 e. The molecule has 0 bridgehead atoms. The lowest BCUT2D eigenvalue weighted by Crippen LogP contribution is -2.18. The fraction of sp³-hybridized carbons (Fsp3) is 0.174. The van der Waals surface area contributed by atoms with E-state index in [4.69, 9.17) is 21.4 Å². The molecule has 0 fully saturated rings. The van der Waals surface area contributed by atoms with E-state index in [1.807, 2.05) is 49.4 Å². The number of halogens is 1. The largest absolute Gasteiger partial charge is 0.494 e. The van der Waals surface area contributed by atoms with Gasteiger partial charge in [-0.15, -0.1) is 0 Å². The van der Waals surface area contributed by atoms with E-state index in [0.717, 1.165) is 34.2 Å². The average Bonchev–Trinajstić information content (AvgIpc) is 3.15. The number of hydrogen-bond acceptors (Lipinski definition) is 3. The summed E-state index contributed by atoms with van der Waals surface area (Å²) in [4.78, 5) is 0. The number of rotatable bonds is 5. The molecule has 1 aliphatic rings. The van der Waals surface area contributed by atoms with E-state index in [1.165, 1.54) is 5.56 Å². The zero-order valence-electron chi connectivity index (χ0n) is 15.2. The van der Waals surface area contributed by atoms with Crippen LogP contribution in [-0.2, 0) is 0 Å². The van der Waals surface area contributed by atoms with Crippen LogP contribution in [0.1, 0.15) is 30.5 Å². The van der Waals surface area contributed by atoms with Gasteiger partial charge in [-0.2, -0.15) is 5.10 Å². The van der Waals surface area contributed by atoms with Crippen molar-refractivity contribution in [1.29, 1.82) is 0 Å². The highest BCUT2D eigenvalue weighted by atomic mass is 35.5. The van der Waals surface area contributed by atoms with Crippen LogP contribution in [0.5, 0.6) is 5.75 Å². The van der Waals surface area contributed by atoms with Gasteiger partial charge in [-0.25, -0.2) is 0 Å². The molecule has 136 valence electrons. The summed E-state index contributed by atoms with van der Waals surface area (Å²) in [5.41, 5.74) is 4.48. The summed E-state index contributed by atoms with van der Waals surface area (Å²) in [5.74, 6) is 0.883. The summed E-state index contributed by atoms with van der Waals surface area (Å²) in [7, 11) is 0. The molecule has 1 aliphatic heterocycles. The summed E-state index contributed by atoms with van der Waals surface area (Å²) < 4.78 is 5.55. The van der Waals surface area contributed by atoms with Gasteiger partial charge in [0.1, 0.15) is 5.75 Å². The maximum Gasteiger partial charge on any atom is 0.119 e. The van der Waals surface area contributed by atoms with Crippen molar-refractivity contribution in [3.63, 3.8) is 0 Å². The number of hydrogen-bond donors (Lipinski definition) is 0. The van der Waals surface area contributed by atoms with Gasteiger partial charge in [0.05, 0.1) is 24.0 Å². The van der Waals surface area contributed by atoms with Gasteiger partial charge in [-0.05, 0) is 66.6 Å². The first-order valence-corrected chi connectivity index (χ1v) is 9.53. The third kappa shape index (κ3) is 3.83. The first-order chi connectivity index (χ1) is 13.2. The normalized spacial score (nSPS) is 16.3. The number of benzene rings is 3. The highest BCUT2D eigenvalue weighted by Gasteiger charge is 2.29. The van der Waals surface area contributed by atoms with Crippen molar-refractivity contribution in [2.24, 2.45) is 5.10 Å². The molecule has 3 aromatic carbocycles. The van der Waals surface area contributed by atoms with E-state index >= 15 is 0 Å². The van der Waals surface area contributed by atoms with E-state index < -0.39 is 0 Å². The molecule has 0 saturated carbocycles. The Balaban J connectivity index is 1.68. The predicted molar refractivity (Wildman–Crippen MR) is 112 cm³/mol. The monoisotopic (exact) mass is 376 g/mol. The summed E-state index contributed by atoms with van der Waals surface area (Å²) in [5, 5.41) is 7.81. The molecule has 4 heteroatoms. The van der Waals surface area contributed by atoms with Gasteiger partial charge >= 0.3 is 0 Å². The lowest BCUT2D eigenvalue weighted by atomic mass is 9.98. The molecule has 27 heavy (non-hydrogen) atoms. The standard InChI is InChI=1S/C23H21ClN2O/c1-2-27-21-14-10-17(11-15-21)22-16-23(18-8-12-19(24)13-9-18)26(25-22)20-6-4-3-5-7-20/h3-15,23H,2,16H2,1H3. The number of anilines is 1. The Bertz CT molecular complexity index is 921. The maximum absolute atomic E-state index is 6.08. The van der Waals surface area contributed by atoms with Crippen molar-refractivity contribution in [3.05, 3.63) is 95.0 Å². The third-order valence-corrected chi connectivity index (χ3v) is 4.94. The summed E-state index contributed by atoms with van der Waals surface area (Å²) in [6.07, 6.45) is 0.838. The van der Waals surface area contributed by atoms with E-state index in [9.17, 15) is 0 Å². The van der Waals surface area contributed by atoms with E-state index in [2.05, 4.69) is 41.4 Å². The van der Waals surface area contributed by atoms with Crippen LogP contribution in [0.3, 0.4) is 0 Å². The highest BCUT2D eigenvalue weighted by Crippen LogP contribution is 2.37. The molecule has 1 unspecified atom stereocenters. The van der Waals surface area contributed by atoms with Gasteiger partial charge in [0.25, 0.3) is 0 Å². The fourth-order valence-corrected chi connectivity index (χ4v) is 3.48. The molecule has 0 N–H and O–H groups in total. The number of ether oxygens (including phenoxy) is 1. The van der Waals surface area contributed by atoms with Gasteiger partial charge in [-0.3, -0.25) is 5.01 Å². The van der Waals surface area contributed by atoms with Crippen LogP contribution in [0.2, 0.25) is 5.02 Å². The molecular formula is C23H21ClN2O. The van der Waals surface area contributed by atoms with Crippen molar-refractivity contribution in [3.8, 4) is 5.75 Å². The second kappa shape index (κ2) is 7.85. The summed E-state index contributed by atoms with van der Waals surface area (Å²) >= 11 is 6.08. The summed E-state index contributed by atoms with van der Waals surface area (Å²) in [6, 6.07) is 26.6. The van der Waals surface area contributed by atoms with Crippen LogP contribution in [0.25, 0.3) is 0 Å².